The predicted molar refractivity (Wildman–Crippen MR) is 83.1 cm³/mol. The fraction of sp³-hybridized carbons (Fsp3) is 0.312. The van der Waals surface area contributed by atoms with E-state index in [9.17, 15) is 9.59 Å². The Morgan fingerprint density at radius 3 is 2.73 bits per heavy atom. The summed E-state index contributed by atoms with van der Waals surface area (Å²) in [5.74, 6) is -0.0202. The van der Waals surface area contributed by atoms with Crippen LogP contribution in [0.2, 0.25) is 0 Å². The Labute approximate surface area is 128 Å². The summed E-state index contributed by atoms with van der Waals surface area (Å²) in [6.07, 6.45) is 0. The van der Waals surface area contributed by atoms with Crippen LogP contribution in [0.4, 0.5) is 0 Å². The van der Waals surface area contributed by atoms with Crippen molar-refractivity contribution in [1.29, 1.82) is 0 Å². The van der Waals surface area contributed by atoms with Crippen molar-refractivity contribution >= 4 is 22.9 Å². The predicted octanol–water partition coefficient (Wildman–Crippen LogP) is 1.96. The first-order valence-electron chi connectivity index (χ1n) is 6.92. The molecule has 22 heavy (non-hydrogen) atoms. The molecule has 1 amide bonds. The van der Waals surface area contributed by atoms with Crippen molar-refractivity contribution < 1.29 is 14.3 Å². The number of fused-ring (bicyclic) bond motifs is 1. The van der Waals surface area contributed by atoms with Crippen LogP contribution in [0.5, 0.6) is 0 Å². The number of aromatic nitrogens is 2. The molecule has 116 valence electrons. The van der Waals surface area contributed by atoms with E-state index in [-0.39, 0.29) is 24.5 Å². The average Bonchev–Trinajstić information content (AvgIpc) is 2.86. The molecule has 0 aliphatic carbocycles. The third kappa shape index (κ3) is 3.16. The smallest absolute Gasteiger partial charge is 0.325 e. The zero-order valence-corrected chi connectivity index (χ0v) is 12.9. The first-order valence-corrected chi connectivity index (χ1v) is 6.92. The quantitative estimate of drug-likeness (QED) is 0.677. The monoisotopic (exact) mass is 301 g/mol. The number of methoxy groups -OCH3 is 1. The molecular weight excluding hydrogens is 282 g/mol. The van der Waals surface area contributed by atoms with Gasteiger partial charge in [0.25, 0.3) is 0 Å². The largest absolute Gasteiger partial charge is 0.468 e. The van der Waals surface area contributed by atoms with Gasteiger partial charge in [-0.05, 0) is 26.0 Å². The van der Waals surface area contributed by atoms with E-state index in [1.807, 2.05) is 31.2 Å². The Bertz CT molecular complexity index is 733. The van der Waals surface area contributed by atoms with Crippen LogP contribution in [0, 0.1) is 0 Å². The molecule has 1 heterocycles. The molecule has 1 atom stereocenters. The number of benzene rings is 1. The number of para-hydroxylation sites is 2. The second-order valence-electron chi connectivity index (χ2n) is 5.10. The molecule has 1 unspecified atom stereocenters. The van der Waals surface area contributed by atoms with Gasteiger partial charge in [-0.15, -0.1) is 0 Å². The lowest BCUT2D eigenvalue weighted by atomic mass is 10.2. The summed E-state index contributed by atoms with van der Waals surface area (Å²) in [6, 6.07) is 7.13. The second-order valence-corrected chi connectivity index (χ2v) is 5.10. The Balaban J connectivity index is 2.42. The number of imidazole rings is 1. The van der Waals surface area contributed by atoms with Crippen LogP contribution in [-0.2, 0) is 20.9 Å². The topological polar surface area (TPSA) is 73.2 Å². The summed E-state index contributed by atoms with van der Waals surface area (Å²) in [4.78, 5) is 28.0. The molecule has 0 saturated carbocycles. The maximum absolute atomic E-state index is 11.8. The normalized spacial score (nSPS) is 12.0. The summed E-state index contributed by atoms with van der Waals surface area (Å²) in [6.45, 7) is 7.11. The van der Waals surface area contributed by atoms with Crippen molar-refractivity contribution in [2.24, 2.45) is 0 Å². The molecule has 1 aromatic heterocycles. The summed E-state index contributed by atoms with van der Waals surface area (Å²) in [5, 5.41) is 2.81. The van der Waals surface area contributed by atoms with Crippen LogP contribution >= 0.6 is 0 Å². The Hall–Kier alpha value is -2.63. The van der Waals surface area contributed by atoms with Gasteiger partial charge in [-0.3, -0.25) is 9.59 Å². The van der Waals surface area contributed by atoms with E-state index in [1.54, 1.807) is 11.5 Å². The van der Waals surface area contributed by atoms with Gasteiger partial charge in [-0.25, -0.2) is 4.98 Å². The fourth-order valence-electron chi connectivity index (χ4n) is 2.17. The highest BCUT2D eigenvalue weighted by molar-refractivity contribution is 5.92. The van der Waals surface area contributed by atoms with Gasteiger partial charge in [-0.1, -0.05) is 18.7 Å². The second kappa shape index (κ2) is 6.43. The lowest BCUT2D eigenvalue weighted by molar-refractivity contribution is -0.141. The molecule has 0 bridgehead atoms. The highest BCUT2D eigenvalue weighted by Crippen LogP contribution is 2.21. The maximum Gasteiger partial charge on any atom is 0.325 e. The van der Waals surface area contributed by atoms with E-state index in [2.05, 4.69) is 16.9 Å². The standard InChI is InChI=1S/C16H19N3O3/c1-10(2)16(21)17-11(3)15-18-12-7-5-6-8-13(12)19(15)9-14(20)22-4/h5-8,11H,1,9H2,2-4H3,(H,17,21). The molecule has 0 aliphatic rings. The first-order chi connectivity index (χ1) is 10.4. The Morgan fingerprint density at radius 2 is 2.09 bits per heavy atom. The molecular formula is C16H19N3O3. The number of carbonyl (C=O) groups is 2. The molecule has 1 N–H and O–H groups in total. The maximum atomic E-state index is 11.8. The lowest BCUT2D eigenvalue weighted by Crippen LogP contribution is -2.29. The number of carbonyl (C=O) groups excluding carboxylic acids is 2. The number of hydrogen-bond donors (Lipinski definition) is 1. The number of esters is 1. The van der Waals surface area contributed by atoms with Gasteiger partial charge in [0.05, 0.1) is 24.2 Å². The number of nitrogens with zero attached hydrogens (tertiary/aromatic N) is 2. The van der Waals surface area contributed by atoms with E-state index in [0.29, 0.717) is 11.4 Å². The molecule has 2 rings (SSSR count). The van der Waals surface area contributed by atoms with Crippen LogP contribution < -0.4 is 5.32 Å². The van der Waals surface area contributed by atoms with Crippen LogP contribution in [0.25, 0.3) is 11.0 Å². The van der Waals surface area contributed by atoms with Crippen molar-refractivity contribution in [3.63, 3.8) is 0 Å². The zero-order valence-electron chi connectivity index (χ0n) is 12.9. The number of amides is 1. The molecule has 6 nitrogen and oxygen atoms in total. The van der Waals surface area contributed by atoms with Crippen molar-refractivity contribution in [3.05, 3.63) is 42.2 Å². The Kier molecular flexibility index (Phi) is 4.60. The van der Waals surface area contributed by atoms with Crippen molar-refractivity contribution in [2.75, 3.05) is 7.11 Å². The third-order valence-electron chi connectivity index (χ3n) is 3.32. The Morgan fingerprint density at radius 1 is 1.41 bits per heavy atom. The average molecular weight is 301 g/mol. The third-order valence-corrected chi connectivity index (χ3v) is 3.32. The molecule has 2 aromatic rings. The van der Waals surface area contributed by atoms with Gasteiger partial charge < -0.3 is 14.6 Å². The summed E-state index contributed by atoms with van der Waals surface area (Å²) in [7, 11) is 1.34. The lowest BCUT2D eigenvalue weighted by Gasteiger charge is -2.15. The van der Waals surface area contributed by atoms with Crippen LogP contribution in [-0.4, -0.2) is 28.5 Å². The van der Waals surface area contributed by atoms with Crippen LogP contribution in [0.15, 0.2) is 36.4 Å². The van der Waals surface area contributed by atoms with Gasteiger partial charge in [0.15, 0.2) is 0 Å². The minimum atomic E-state index is -0.372. The minimum absolute atomic E-state index is 0.0413. The summed E-state index contributed by atoms with van der Waals surface area (Å²) in [5.41, 5.74) is 2.00. The van der Waals surface area contributed by atoms with E-state index < -0.39 is 0 Å². The van der Waals surface area contributed by atoms with Gasteiger partial charge in [0, 0.05) is 5.57 Å². The van der Waals surface area contributed by atoms with Crippen molar-refractivity contribution in [2.45, 2.75) is 26.4 Å². The van der Waals surface area contributed by atoms with E-state index in [4.69, 9.17) is 4.74 Å². The molecule has 0 fully saturated rings. The van der Waals surface area contributed by atoms with Crippen molar-refractivity contribution in [3.8, 4) is 0 Å². The van der Waals surface area contributed by atoms with Crippen molar-refractivity contribution in [1.82, 2.24) is 14.9 Å². The molecule has 0 spiro atoms. The highest BCUT2D eigenvalue weighted by Gasteiger charge is 2.20. The van der Waals surface area contributed by atoms with Gasteiger partial charge in [0.1, 0.15) is 12.4 Å². The molecule has 0 radical (unpaired) electrons. The molecule has 0 saturated heterocycles. The minimum Gasteiger partial charge on any atom is -0.468 e. The zero-order chi connectivity index (χ0) is 16.3. The van der Waals surface area contributed by atoms with E-state index in [0.717, 1.165) is 11.0 Å². The molecule has 0 aliphatic heterocycles. The fourth-order valence-corrected chi connectivity index (χ4v) is 2.17. The summed E-state index contributed by atoms with van der Waals surface area (Å²) < 4.78 is 6.49. The van der Waals surface area contributed by atoms with Gasteiger partial charge in [0.2, 0.25) is 5.91 Å². The van der Waals surface area contributed by atoms with Gasteiger partial charge >= 0.3 is 5.97 Å². The van der Waals surface area contributed by atoms with Gasteiger partial charge in [-0.2, -0.15) is 0 Å². The number of ether oxygens (including phenoxy) is 1. The van der Waals surface area contributed by atoms with E-state index in [1.165, 1.54) is 7.11 Å². The molecule has 1 aromatic carbocycles. The van der Waals surface area contributed by atoms with Crippen LogP contribution in [0.3, 0.4) is 0 Å². The number of hydrogen-bond acceptors (Lipinski definition) is 4. The highest BCUT2D eigenvalue weighted by atomic mass is 16.5. The first kappa shape index (κ1) is 15.8. The number of nitrogens with one attached hydrogen (secondary N) is 1. The number of rotatable bonds is 5. The van der Waals surface area contributed by atoms with E-state index >= 15 is 0 Å². The molecule has 6 heteroatoms. The SMILES string of the molecule is C=C(C)C(=O)NC(C)c1nc2ccccc2n1CC(=O)OC. The van der Waals surface area contributed by atoms with Crippen LogP contribution in [0.1, 0.15) is 25.7 Å². The summed E-state index contributed by atoms with van der Waals surface area (Å²) >= 11 is 0.